The largest absolute Gasteiger partial charge is 0.481 e. The topological polar surface area (TPSA) is 37.3 Å². The Hall–Kier alpha value is -2.60. The van der Waals surface area contributed by atoms with Gasteiger partial charge in [0.05, 0.1) is 6.42 Å². The summed E-state index contributed by atoms with van der Waals surface area (Å²) in [4.78, 5) is 10.7. The molecule has 0 saturated carbocycles. The second-order valence-electron chi connectivity index (χ2n) is 3.99. The highest BCUT2D eigenvalue weighted by Crippen LogP contribution is 2.09. The highest BCUT2D eigenvalue weighted by Gasteiger charge is 2.03. The first kappa shape index (κ1) is 12.8. The molecule has 0 saturated heterocycles. The van der Waals surface area contributed by atoms with Crippen molar-refractivity contribution in [2.75, 3.05) is 0 Å². The van der Waals surface area contributed by atoms with Gasteiger partial charge in [0, 0.05) is 11.1 Å². The molecule has 0 radical (unpaired) electrons. The molecular weight excluding hydrogens is 243 g/mol. The lowest BCUT2D eigenvalue weighted by atomic mass is 10.0. The molecule has 94 valence electrons. The first-order valence-electron chi connectivity index (χ1n) is 5.72. The molecule has 0 unspecified atom stereocenters. The van der Waals surface area contributed by atoms with Crippen molar-refractivity contribution < 1.29 is 14.3 Å². The quantitative estimate of drug-likeness (QED) is 0.837. The third-order valence-electron chi connectivity index (χ3n) is 2.53. The Balaban J connectivity index is 2.31. The molecule has 2 rings (SSSR count). The summed E-state index contributed by atoms with van der Waals surface area (Å²) in [5.74, 6) is 4.47. The summed E-state index contributed by atoms with van der Waals surface area (Å²) in [6.45, 7) is 0. The second-order valence-corrected chi connectivity index (χ2v) is 3.99. The summed E-state index contributed by atoms with van der Waals surface area (Å²) in [5.41, 5.74) is 1.86. The van der Waals surface area contributed by atoms with Crippen LogP contribution in [0.3, 0.4) is 0 Å². The molecule has 1 N–H and O–H groups in total. The number of aliphatic carboxylic acids is 1. The molecule has 0 aliphatic carbocycles. The van der Waals surface area contributed by atoms with Crippen molar-refractivity contribution in [2.45, 2.75) is 6.42 Å². The number of carboxylic acid groups (broad SMARTS) is 1. The molecule has 0 aliphatic heterocycles. The molecule has 0 amide bonds. The Morgan fingerprint density at radius 2 is 1.89 bits per heavy atom. The highest BCUT2D eigenvalue weighted by atomic mass is 19.1. The van der Waals surface area contributed by atoms with Gasteiger partial charge >= 0.3 is 5.97 Å². The van der Waals surface area contributed by atoms with Gasteiger partial charge in [0.1, 0.15) is 5.82 Å². The molecule has 0 bridgehead atoms. The van der Waals surface area contributed by atoms with E-state index in [2.05, 4.69) is 11.8 Å². The van der Waals surface area contributed by atoms with E-state index < -0.39 is 5.97 Å². The number of hydrogen-bond acceptors (Lipinski definition) is 1. The van der Waals surface area contributed by atoms with Gasteiger partial charge in [-0.15, -0.1) is 0 Å². The minimum absolute atomic E-state index is 0.0754. The van der Waals surface area contributed by atoms with E-state index in [1.54, 1.807) is 36.4 Å². The number of rotatable bonds is 2. The standard InChI is InChI=1S/C16H11FO2/c17-15-7-3-4-12(10-15)8-9-13-5-1-2-6-14(13)11-16(18)19/h1-7,10H,11H2,(H,18,19). The van der Waals surface area contributed by atoms with E-state index in [0.717, 1.165) is 0 Å². The van der Waals surface area contributed by atoms with Gasteiger partial charge in [-0.2, -0.15) is 0 Å². The van der Waals surface area contributed by atoms with Crippen molar-refractivity contribution in [2.24, 2.45) is 0 Å². The third kappa shape index (κ3) is 3.68. The van der Waals surface area contributed by atoms with Crippen LogP contribution >= 0.6 is 0 Å². The summed E-state index contributed by atoms with van der Waals surface area (Å²) >= 11 is 0. The Morgan fingerprint density at radius 1 is 1.11 bits per heavy atom. The van der Waals surface area contributed by atoms with Crippen LogP contribution in [0.5, 0.6) is 0 Å². The maximum Gasteiger partial charge on any atom is 0.307 e. The van der Waals surface area contributed by atoms with Crippen molar-refractivity contribution in [3.63, 3.8) is 0 Å². The maximum atomic E-state index is 13.0. The molecule has 0 aromatic heterocycles. The molecule has 0 aliphatic rings. The summed E-state index contributed by atoms with van der Waals surface area (Å²) in [5, 5.41) is 8.82. The summed E-state index contributed by atoms with van der Waals surface area (Å²) in [7, 11) is 0. The van der Waals surface area contributed by atoms with Crippen LogP contribution < -0.4 is 0 Å². The fourth-order valence-corrected chi connectivity index (χ4v) is 1.67. The lowest BCUT2D eigenvalue weighted by Crippen LogP contribution is -2.01. The highest BCUT2D eigenvalue weighted by molar-refractivity contribution is 5.71. The SMILES string of the molecule is O=C(O)Cc1ccccc1C#Cc1cccc(F)c1. The summed E-state index contributed by atoms with van der Waals surface area (Å²) in [6, 6.07) is 13.0. The number of carboxylic acids is 1. The van der Waals surface area contributed by atoms with Crippen LogP contribution in [0.1, 0.15) is 16.7 Å². The van der Waals surface area contributed by atoms with Crippen LogP contribution in [0, 0.1) is 17.7 Å². The normalized spacial score (nSPS) is 9.53. The molecular formula is C16H11FO2. The summed E-state index contributed by atoms with van der Waals surface area (Å²) in [6.07, 6.45) is -0.0754. The molecule has 0 heterocycles. The van der Waals surface area contributed by atoms with Gasteiger partial charge in [-0.05, 0) is 29.8 Å². The fourth-order valence-electron chi connectivity index (χ4n) is 1.67. The van der Waals surface area contributed by atoms with E-state index in [0.29, 0.717) is 16.7 Å². The van der Waals surface area contributed by atoms with Crippen molar-refractivity contribution in [1.29, 1.82) is 0 Å². The monoisotopic (exact) mass is 254 g/mol. The van der Waals surface area contributed by atoms with Crippen molar-refractivity contribution in [3.8, 4) is 11.8 Å². The van der Waals surface area contributed by atoms with Gasteiger partial charge in [0.25, 0.3) is 0 Å². The van der Waals surface area contributed by atoms with Crippen molar-refractivity contribution in [1.82, 2.24) is 0 Å². The van der Waals surface area contributed by atoms with Gasteiger partial charge in [-0.1, -0.05) is 36.1 Å². The van der Waals surface area contributed by atoms with Crippen LogP contribution in [0.2, 0.25) is 0 Å². The number of carbonyl (C=O) groups is 1. The minimum atomic E-state index is -0.903. The summed E-state index contributed by atoms with van der Waals surface area (Å²) < 4.78 is 13.0. The predicted molar refractivity (Wildman–Crippen MR) is 70.2 cm³/mol. The third-order valence-corrected chi connectivity index (χ3v) is 2.53. The molecule has 3 heteroatoms. The van der Waals surface area contributed by atoms with E-state index in [4.69, 9.17) is 5.11 Å². The molecule has 0 atom stereocenters. The molecule has 0 fully saturated rings. The van der Waals surface area contributed by atoms with Gasteiger partial charge in [-0.25, -0.2) is 4.39 Å². The van der Waals surface area contributed by atoms with E-state index >= 15 is 0 Å². The smallest absolute Gasteiger partial charge is 0.307 e. The average molecular weight is 254 g/mol. The fraction of sp³-hybridized carbons (Fsp3) is 0.0625. The second kappa shape index (κ2) is 5.83. The predicted octanol–water partition coefficient (Wildman–Crippen LogP) is 2.85. The van der Waals surface area contributed by atoms with Gasteiger partial charge in [-0.3, -0.25) is 4.79 Å². The van der Waals surface area contributed by atoms with Gasteiger partial charge in [0.15, 0.2) is 0 Å². The minimum Gasteiger partial charge on any atom is -0.481 e. The zero-order valence-corrected chi connectivity index (χ0v) is 10.1. The van der Waals surface area contributed by atoms with Crippen LogP contribution in [-0.4, -0.2) is 11.1 Å². The van der Waals surface area contributed by atoms with E-state index in [1.165, 1.54) is 12.1 Å². The van der Waals surface area contributed by atoms with E-state index in [-0.39, 0.29) is 12.2 Å². The lowest BCUT2D eigenvalue weighted by molar-refractivity contribution is -0.136. The average Bonchev–Trinajstić information content (AvgIpc) is 2.37. The maximum absolute atomic E-state index is 13.0. The Bertz CT molecular complexity index is 666. The molecule has 2 nitrogen and oxygen atoms in total. The number of benzene rings is 2. The van der Waals surface area contributed by atoms with Crippen LogP contribution in [0.15, 0.2) is 48.5 Å². The van der Waals surface area contributed by atoms with Crippen molar-refractivity contribution >= 4 is 5.97 Å². The van der Waals surface area contributed by atoms with E-state index in [1.807, 2.05) is 0 Å². The molecule has 2 aromatic rings. The number of halogens is 1. The van der Waals surface area contributed by atoms with Crippen molar-refractivity contribution in [3.05, 3.63) is 71.0 Å². The first-order chi connectivity index (χ1) is 9.15. The van der Waals surface area contributed by atoms with Gasteiger partial charge < -0.3 is 5.11 Å². The van der Waals surface area contributed by atoms with E-state index in [9.17, 15) is 9.18 Å². The first-order valence-corrected chi connectivity index (χ1v) is 5.72. The lowest BCUT2D eigenvalue weighted by Gasteiger charge is -2.00. The zero-order chi connectivity index (χ0) is 13.7. The zero-order valence-electron chi connectivity index (χ0n) is 10.1. The molecule has 2 aromatic carbocycles. The van der Waals surface area contributed by atoms with Crippen LogP contribution in [0.4, 0.5) is 4.39 Å². The molecule has 19 heavy (non-hydrogen) atoms. The number of hydrogen-bond donors (Lipinski definition) is 1. The Labute approximate surface area is 110 Å². The van der Waals surface area contributed by atoms with Crippen LogP contribution in [0.25, 0.3) is 0 Å². The Morgan fingerprint density at radius 3 is 2.63 bits per heavy atom. The van der Waals surface area contributed by atoms with Crippen LogP contribution in [-0.2, 0) is 11.2 Å². The Kier molecular flexibility index (Phi) is 3.94. The molecule has 0 spiro atoms. The van der Waals surface area contributed by atoms with Gasteiger partial charge in [0.2, 0.25) is 0 Å².